The predicted molar refractivity (Wildman–Crippen MR) is 243 cm³/mol. The number of ether oxygens (including phenoxy) is 6. The topological polar surface area (TPSA) is 231 Å². The van der Waals surface area contributed by atoms with Crippen LogP contribution in [-0.2, 0) is 38.0 Å². The lowest BCUT2D eigenvalue weighted by molar-refractivity contribution is -0.332. The Morgan fingerprint density at radius 2 is 0.953 bits per heavy atom. The summed E-state index contributed by atoms with van der Waals surface area (Å²) >= 11 is 0. The summed E-state index contributed by atoms with van der Waals surface area (Å²) in [5, 5.41) is 71.8. The molecule has 2 aliphatic heterocycles. The molecule has 370 valence electrons. The van der Waals surface area contributed by atoms with Crippen molar-refractivity contribution in [1.29, 1.82) is 0 Å². The molecule has 15 nitrogen and oxygen atoms in total. The molecule has 2 aliphatic rings. The molecular weight excluding hydrogens is 829 g/mol. The first-order valence-corrected chi connectivity index (χ1v) is 24.2. The van der Waals surface area contributed by atoms with Crippen LogP contribution >= 0.6 is 0 Å². The number of aliphatic hydroxyl groups excluding tert-OH is 7. The fraction of sp³-hybridized carbons (Fsp3) is 0.796. The van der Waals surface area contributed by atoms with E-state index in [0.29, 0.717) is 19.3 Å². The quantitative estimate of drug-likeness (QED) is 0.0220. The maximum atomic E-state index is 12.9. The Hall–Kier alpha value is -2.54. The van der Waals surface area contributed by atoms with Gasteiger partial charge < -0.3 is 64.2 Å². The van der Waals surface area contributed by atoms with E-state index in [1.54, 1.807) is 0 Å². The lowest BCUT2D eigenvalue weighted by Gasteiger charge is -2.42. The number of hydrogen-bond acceptors (Lipinski definition) is 15. The molecule has 0 radical (unpaired) electrons. The maximum Gasteiger partial charge on any atom is 0.306 e. The van der Waals surface area contributed by atoms with Gasteiger partial charge in [-0.15, -0.1) is 0 Å². The van der Waals surface area contributed by atoms with E-state index in [4.69, 9.17) is 28.4 Å². The van der Waals surface area contributed by atoms with Crippen molar-refractivity contribution in [2.24, 2.45) is 0 Å². The van der Waals surface area contributed by atoms with Crippen molar-refractivity contribution < 1.29 is 73.8 Å². The highest BCUT2D eigenvalue weighted by Crippen LogP contribution is 2.26. The molecule has 0 saturated carbocycles. The van der Waals surface area contributed by atoms with Gasteiger partial charge in [0.25, 0.3) is 0 Å². The summed E-state index contributed by atoms with van der Waals surface area (Å²) in [6.07, 6.45) is 21.9. The fourth-order valence-corrected chi connectivity index (χ4v) is 7.27. The molecule has 2 fully saturated rings. The van der Waals surface area contributed by atoms with Gasteiger partial charge in [-0.3, -0.25) is 9.59 Å². The highest BCUT2D eigenvalue weighted by Gasteiger charge is 2.47. The third kappa shape index (κ3) is 24.8. The second kappa shape index (κ2) is 36.6. The van der Waals surface area contributed by atoms with Crippen molar-refractivity contribution in [2.45, 2.75) is 223 Å². The summed E-state index contributed by atoms with van der Waals surface area (Å²) in [6.45, 7) is 2.45. The molecule has 64 heavy (non-hydrogen) atoms. The third-order valence-electron chi connectivity index (χ3n) is 11.3. The molecule has 0 bridgehead atoms. The van der Waals surface area contributed by atoms with Crippen LogP contribution in [0, 0.1) is 0 Å². The molecule has 0 amide bonds. The molecule has 2 heterocycles. The van der Waals surface area contributed by atoms with Gasteiger partial charge >= 0.3 is 11.9 Å². The van der Waals surface area contributed by atoms with Crippen LogP contribution < -0.4 is 0 Å². The Kier molecular flexibility index (Phi) is 32.9. The van der Waals surface area contributed by atoms with Crippen LogP contribution in [0.3, 0.4) is 0 Å². The Bertz CT molecular complexity index is 1300. The molecule has 0 aliphatic carbocycles. The minimum atomic E-state index is -1.77. The van der Waals surface area contributed by atoms with Crippen LogP contribution in [0.15, 0.2) is 48.6 Å². The van der Waals surface area contributed by atoms with Crippen molar-refractivity contribution in [3.63, 3.8) is 0 Å². The Balaban J connectivity index is 1.81. The van der Waals surface area contributed by atoms with Gasteiger partial charge in [-0.25, -0.2) is 0 Å². The van der Waals surface area contributed by atoms with Crippen molar-refractivity contribution >= 4 is 11.9 Å². The number of aliphatic hydroxyl groups is 7. The van der Waals surface area contributed by atoms with E-state index in [1.165, 1.54) is 57.8 Å². The molecule has 0 aromatic carbocycles. The summed E-state index contributed by atoms with van der Waals surface area (Å²) in [7, 11) is 0. The highest BCUT2D eigenvalue weighted by atomic mass is 16.7. The normalized spacial score (nSPS) is 27.0. The SMILES string of the molecule is CCCCCCCCC/C=C/C/C=C/C/C=C/C/C=C/CCCC(=O)O[C@H](COC(=O)CCCCCCCCC)CO[C@H]1O[C@@H](CO[C@H]2O[C@@H](CO)[C@@H](O)C(O)C2O)[C@@H](O)C(O)C1O. The third-order valence-corrected chi connectivity index (χ3v) is 11.3. The van der Waals surface area contributed by atoms with Crippen molar-refractivity contribution in [3.05, 3.63) is 48.6 Å². The van der Waals surface area contributed by atoms with Gasteiger partial charge in [-0.2, -0.15) is 0 Å². The molecule has 2 saturated heterocycles. The van der Waals surface area contributed by atoms with Crippen LogP contribution in [-0.4, -0.2) is 142 Å². The largest absolute Gasteiger partial charge is 0.462 e. The summed E-state index contributed by atoms with van der Waals surface area (Å²) in [4.78, 5) is 25.5. The van der Waals surface area contributed by atoms with Gasteiger partial charge in [0.1, 0.15) is 55.4 Å². The lowest BCUT2D eigenvalue weighted by Crippen LogP contribution is -2.61. The average molecular weight is 913 g/mol. The minimum absolute atomic E-state index is 0.0891. The van der Waals surface area contributed by atoms with Crippen LogP contribution in [0.25, 0.3) is 0 Å². The number of unbranched alkanes of at least 4 members (excludes halogenated alkanes) is 14. The molecule has 0 aromatic heterocycles. The van der Waals surface area contributed by atoms with Gasteiger partial charge in [-0.1, -0.05) is 140 Å². The number of allylic oxidation sites excluding steroid dienone is 8. The van der Waals surface area contributed by atoms with Crippen LogP contribution in [0.2, 0.25) is 0 Å². The van der Waals surface area contributed by atoms with Gasteiger partial charge in [0.15, 0.2) is 18.7 Å². The van der Waals surface area contributed by atoms with Crippen LogP contribution in [0.4, 0.5) is 0 Å². The first-order valence-electron chi connectivity index (χ1n) is 24.2. The Morgan fingerprint density at radius 3 is 1.52 bits per heavy atom. The number of hydrogen-bond donors (Lipinski definition) is 7. The van der Waals surface area contributed by atoms with Crippen molar-refractivity contribution in [1.82, 2.24) is 0 Å². The van der Waals surface area contributed by atoms with Crippen molar-refractivity contribution in [3.8, 4) is 0 Å². The highest BCUT2D eigenvalue weighted by molar-refractivity contribution is 5.70. The van der Waals surface area contributed by atoms with Crippen LogP contribution in [0.5, 0.6) is 0 Å². The maximum absolute atomic E-state index is 12.9. The van der Waals surface area contributed by atoms with Gasteiger partial charge in [-0.05, 0) is 51.4 Å². The van der Waals surface area contributed by atoms with E-state index < -0.39 is 99.3 Å². The molecule has 7 N–H and O–H groups in total. The van der Waals surface area contributed by atoms with Gasteiger partial charge in [0.2, 0.25) is 0 Å². The van der Waals surface area contributed by atoms with E-state index >= 15 is 0 Å². The number of rotatable bonds is 36. The zero-order chi connectivity index (χ0) is 46.8. The minimum Gasteiger partial charge on any atom is -0.462 e. The molecular formula is C49H84O15. The van der Waals surface area contributed by atoms with E-state index in [9.17, 15) is 45.3 Å². The first-order chi connectivity index (χ1) is 31.0. The van der Waals surface area contributed by atoms with Crippen molar-refractivity contribution in [2.75, 3.05) is 26.4 Å². The first kappa shape index (κ1) is 57.6. The summed E-state index contributed by atoms with van der Waals surface area (Å²) in [5.41, 5.74) is 0. The fourth-order valence-electron chi connectivity index (χ4n) is 7.27. The molecule has 15 heteroatoms. The molecule has 2 rings (SSSR count). The zero-order valence-electron chi connectivity index (χ0n) is 38.8. The van der Waals surface area contributed by atoms with E-state index in [1.807, 2.05) is 12.2 Å². The van der Waals surface area contributed by atoms with E-state index in [-0.39, 0.29) is 19.4 Å². The van der Waals surface area contributed by atoms with E-state index in [2.05, 4.69) is 50.3 Å². The number of esters is 2. The second-order valence-electron chi connectivity index (χ2n) is 16.9. The number of carbonyl (C=O) groups excluding carboxylic acids is 2. The Labute approximate surface area is 382 Å². The monoisotopic (exact) mass is 913 g/mol. The molecule has 4 unspecified atom stereocenters. The molecule has 11 atom stereocenters. The van der Waals surface area contributed by atoms with E-state index in [0.717, 1.165) is 51.4 Å². The molecule has 0 spiro atoms. The Morgan fingerprint density at radius 1 is 0.500 bits per heavy atom. The second-order valence-corrected chi connectivity index (χ2v) is 16.9. The number of carbonyl (C=O) groups is 2. The standard InChI is InChI=1S/C49H84O15/c1-3-5-7-9-11-12-13-14-15-16-17-18-19-20-21-22-23-24-26-28-30-32-41(52)62-37(34-59-40(51)31-29-27-25-10-8-6-4-2)35-60-48-47(58)45(56)43(54)39(64-48)36-61-49-46(57)44(55)42(53)38(33-50)63-49/h15-16,18-19,21-22,24,26,37-39,42-50,53-58H,3-14,17,20,23,25,27-36H2,1-2H3/b16-15+,19-18+,22-21+,26-24+/t37-,38+,39+,42-,43-,44?,45?,46?,47?,48+,49+/m1/s1. The average Bonchev–Trinajstić information content (AvgIpc) is 3.29. The summed E-state index contributed by atoms with van der Waals surface area (Å²) in [5.74, 6) is -1.000. The summed E-state index contributed by atoms with van der Waals surface area (Å²) < 4.78 is 33.3. The lowest BCUT2D eigenvalue weighted by atomic mass is 9.98. The van der Waals surface area contributed by atoms with Crippen LogP contribution in [0.1, 0.15) is 155 Å². The molecule has 0 aromatic rings. The zero-order valence-corrected chi connectivity index (χ0v) is 38.8. The summed E-state index contributed by atoms with van der Waals surface area (Å²) in [6, 6.07) is 0. The van der Waals surface area contributed by atoms with Gasteiger partial charge in [0, 0.05) is 12.8 Å². The smallest absolute Gasteiger partial charge is 0.306 e. The predicted octanol–water partition coefficient (Wildman–Crippen LogP) is 5.93. The van der Waals surface area contributed by atoms with Gasteiger partial charge in [0.05, 0.1) is 19.8 Å².